The highest BCUT2D eigenvalue weighted by atomic mass is 19.1. The van der Waals surface area contributed by atoms with Crippen LogP contribution >= 0.6 is 0 Å². The fraction of sp³-hybridized carbons (Fsp3) is 0.308. The molecular weight excluding hydrogens is 233 g/mol. The quantitative estimate of drug-likeness (QED) is 0.879. The number of nitrogens with two attached hydrogens (primary N) is 1. The Morgan fingerprint density at radius 3 is 2.61 bits per heavy atom. The van der Waals surface area contributed by atoms with Crippen molar-refractivity contribution in [3.8, 4) is 16.9 Å². The van der Waals surface area contributed by atoms with Crippen molar-refractivity contribution in [1.82, 2.24) is 10.2 Å². The molecule has 0 spiro atoms. The summed E-state index contributed by atoms with van der Waals surface area (Å²) in [6, 6.07) is 3.23. The standard InChI is InChI=1S/C13H16FN3O/c1-7(2)12-10(14)4-8(5-11(12)18-3)9-6-16-17-13(9)15/h4-7H,1-3H3,(H3,15,16,17). The maximum atomic E-state index is 14.1. The Morgan fingerprint density at radius 2 is 2.11 bits per heavy atom. The van der Waals surface area contributed by atoms with Crippen molar-refractivity contribution in [3.63, 3.8) is 0 Å². The molecule has 2 rings (SSSR count). The second-order valence-electron chi connectivity index (χ2n) is 4.43. The monoisotopic (exact) mass is 249 g/mol. The van der Waals surface area contributed by atoms with Crippen LogP contribution in [0.3, 0.4) is 0 Å². The number of benzene rings is 1. The molecule has 1 heterocycles. The molecule has 1 aromatic heterocycles. The number of anilines is 1. The molecule has 0 aliphatic carbocycles. The molecule has 0 aliphatic heterocycles. The summed E-state index contributed by atoms with van der Waals surface area (Å²) in [7, 11) is 1.53. The van der Waals surface area contributed by atoms with Crippen LogP contribution in [0.1, 0.15) is 25.3 Å². The number of H-pyrrole nitrogens is 1. The molecule has 0 amide bonds. The summed E-state index contributed by atoms with van der Waals surface area (Å²) in [6.07, 6.45) is 1.57. The van der Waals surface area contributed by atoms with Gasteiger partial charge < -0.3 is 10.5 Å². The third-order valence-corrected chi connectivity index (χ3v) is 2.87. The molecule has 4 nitrogen and oxygen atoms in total. The number of nitrogens with one attached hydrogen (secondary N) is 1. The van der Waals surface area contributed by atoms with Crippen LogP contribution in [0.15, 0.2) is 18.3 Å². The van der Waals surface area contributed by atoms with Crippen LogP contribution in [0.2, 0.25) is 0 Å². The lowest BCUT2D eigenvalue weighted by Crippen LogP contribution is -1.99. The van der Waals surface area contributed by atoms with E-state index in [1.54, 1.807) is 12.3 Å². The largest absolute Gasteiger partial charge is 0.496 e. The molecule has 0 fully saturated rings. The molecule has 0 radical (unpaired) electrons. The van der Waals surface area contributed by atoms with E-state index >= 15 is 0 Å². The Morgan fingerprint density at radius 1 is 1.39 bits per heavy atom. The number of aromatic nitrogens is 2. The van der Waals surface area contributed by atoms with Gasteiger partial charge in [0.15, 0.2) is 0 Å². The first-order valence-electron chi connectivity index (χ1n) is 5.71. The third kappa shape index (κ3) is 2.03. The first kappa shape index (κ1) is 12.4. The van der Waals surface area contributed by atoms with Gasteiger partial charge in [-0.1, -0.05) is 13.8 Å². The first-order valence-corrected chi connectivity index (χ1v) is 5.71. The van der Waals surface area contributed by atoms with E-state index in [4.69, 9.17) is 10.5 Å². The molecule has 1 aromatic carbocycles. The summed E-state index contributed by atoms with van der Waals surface area (Å²) in [6.45, 7) is 3.85. The van der Waals surface area contributed by atoms with E-state index in [0.717, 1.165) is 0 Å². The highest BCUT2D eigenvalue weighted by Crippen LogP contribution is 2.35. The fourth-order valence-electron chi connectivity index (χ4n) is 2.00. The highest BCUT2D eigenvalue weighted by molar-refractivity contribution is 5.74. The molecule has 96 valence electrons. The van der Waals surface area contributed by atoms with Gasteiger partial charge in [-0.3, -0.25) is 5.10 Å². The maximum absolute atomic E-state index is 14.1. The highest BCUT2D eigenvalue weighted by Gasteiger charge is 2.17. The van der Waals surface area contributed by atoms with Gasteiger partial charge in [-0.15, -0.1) is 0 Å². The van der Waals surface area contributed by atoms with Gasteiger partial charge in [-0.05, 0) is 23.6 Å². The number of ether oxygens (including phenoxy) is 1. The van der Waals surface area contributed by atoms with Crippen molar-refractivity contribution < 1.29 is 9.13 Å². The average molecular weight is 249 g/mol. The topological polar surface area (TPSA) is 63.9 Å². The Kier molecular flexibility index (Phi) is 3.23. The zero-order valence-corrected chi connectivity index (χ0v) is 10.6. The van der Waals surface area contributed by atoms with E-state index in [1.165, 1.54) is 13.2 Å². The minimum absolute atomic E-state index is 0.0516. The van der Waals surface area contributed by atoms with Crippen LogP contribution in [0.5, 0.6) is 5.75 Å². The van der Waals surface area contributed by atoms with E-state index in [2.05, 4.69) is 10.2 Å². The van der Waals surface area contributed by atoms with Crippen LogP contribution in [0.4, 0.5) is 10.2 Å². The van der Waals surface area contributed by atoms with Crippen LogP contribution in [-0.2, 0) is 0 Å². The summed E-state index contributed by atoms with van der Waals surface area (Å²) in [5.41, 5.74) is 7.62. The Hall–Kier alpha value is -2.04. The molecule has 0 saturated carbocycles. The van der Waals surface area contributed by atoms with Crippen molar-refractivity contribution in [2.75, 3.05) is 12.8 Å². The van der Waals surface area contributed by atoms with Gasteiger partial charge in [-0.2, -0.15) is 5.10 Å². The number of aromatic amines is 1. The fourth-order valence-corrected chi connectivity index (χ4v) is 2.00. The zero-order chi connectivity index (χ0) is 13.3. The minimum atomic E-state index is -0.292. The molecule has 18 heavy (non-hydrogen) atoms. The number of rotatable bonds is 3. The van der Waals surface area contributed by atoms with Gasteiger partial charge in [0.2, 0.25) is 0 Å². The minimum Gasteiger partial charge on any atom is -0.496 e. The number of nitrogens with zero attached hydrogens (tertiary/aromatic N) is 1. The van der Waals surface area contributed by atoms with Crippen LogP contribution < -0.4 is 10.5 Å². The molecular formula is C13H16FN3O. The van der Waals surface area contributed by atoms with Gasteiger partial charge in [0, 0.05) is 11.1 Å². The van der Waals surface area contributed by atoms with E-state index in [9.17, 15) is 4.39 Å². The summed E-state index contributed by atoms with van der Waals surface area (Å²) in [5, 5.41) is 6.45. The number of halogens is 1. The summed E-state index contributed by atoms with van der Waals surface area (Å²) in [4.78, 5) is 0. The first-order chi connectivity index (χ1) is 8.54. The van der Waals surface area contributed by atoms with E-state index < -0.39 is 0 Å². The molecule has 2 aromatic rings. The number of nitrogen functional groups attached to an aromatic ring is 1. The van der Waals surface area contributed by atoms with Crippen molar-refractivity contribution in [2.45, 2.75) is 19.8 Å². The third-order valence-electron chi connectivity index (χ3n) is 2.87. The van der Waals surface area contributed by atoms with Gasteiger partial charge in [0.05, 0.1) is 13.3 Å². The number of hydrogen-bond acceptors (Lipinski definition) is 3. The van der Waals surface area contributed by atoms with Crippen molar-refractivity contribution in [3.05, 3.63) is 29.7 Å². The lowest BCUT2D eigenvalue weighted by atomic mass is 9.97. The predicted molar refractivity (Wildman–Crippen MR) is 69.0 cm³/mol. The average Bonchev–Trinajstić information content (AvgIpc) is 2.73. The second kappa shape index (κ2) is 4.68. The van der Waals surface area contributed by atoms with E-state index in [1.807, 2.05) is 13.8 Å². The van der Waals surface area contributed by atoms with Crippen molar-refractivity contribution >= 4 is 5.82 Å². The van der Waals surface area contributed by atoms with Crippen molar-refractivity contribution in [2.24, 2.45) is 0 Å². The van der Waals surface area contributed by atoms with Crippen LogP contribution in [-0.4, -0.2) is 17.3 Å². The number of hydrogen-bond donors (Lipinski definition) is 2. The Labute approximate surface area is 105 Å². The van der Waals surface area contributed by atoms with Gasteiger partial charge in [0.25, 0.3) is 0 Å². The van der Waals surface area contributed by atoms with E-state index in [-0.39, 0.29) is 11.7 Å². The Bertz CT molecular complexity index is 563. The smallest absolute Gasteiger partial charge is 0.130 e. The lowest BCUT2D eigenvalue weighted by Gasteiger charge is -2.14. The second-order valence-corrected chi connectivity index (χ2v) is 4.43. The van der Waals surface area contributed by atoms with Crippen LogP contribution in [0, 0.1) is 5.82 Å². The number of methoxy groups -OCH3 is 1. The summed E-state index contributed by atoms with van der Waals surface area (Å²) >= 11 is 0. The molecule has 0 bridgehead atoms. The molecule has 5 heteroatoms. The van der Waals surface area contributed by atoms with E-state index in [0.29, 0.717) is 28.3 Å². The molecule has 0 unspecified atom stereocenters. The molecule has 0 aliphatic rings. The normalized spacial score (nSPS) is 10.9. The molecule has 3 N–H and O–H groups in total. The van der Waals surface area contributed by atoms with Crippen LogP contribution in [0.25, 0.3) is 11.1 Å². The molecule has 0 saturated heterocycles. The Balaban J connectivity index is 2.60. The van der Waals surface area contributed by atoms with Crippen molar-refractivity contribution in [1.29, 1.82) is 0 Å². The summed E-state index contributed by atoms with van der Waals surface area (Å²) < 4.78 is 19.4. The van der Waals surface area contributed by atoms with Gasteiger partial charge >= 0.3 is 0 Å². The maximum Gasteiger partial charge on any atom is 0.130 e. The predicted octanol–water partition coefficient (Wildman–Crippen LogP) is 2.93. The van der Waals surface area contributed by atoms with Gasteiger partial charge in [0.1, 0.15) is 17.4 Å². The molecule has 0 atom stereocenters. The van der Waals surface area contributed by atoms with Gasteiger partial charge in [-0.25, -0.2) is 4.39 Å². The lowest BCUT2D eigenvalue weighted by molar-refractivity contribution is 0.402. The summed E-state index contributed by atoms with van der Waals surface area (Å²) in [5.74, 6) is 0.699. The zero-order valence-electron chi connectivity index (χ0n) is 10.6. The SMILES string of the molecule is COc1cc(-c2cn[nH]c2N)cc(F)c1C(C)C.